The zero-order valence-electron chi connectivity index (χ0n) is 13.2. The van der Waals surface area contributed by atoms with E-state index in [1.807, 2.05) is 6.07 Å². The first-order chi connectivity index (χ1) is 10.7. The molecule has 0 N–H and O–H groups in total. The number of aryl methyl sites for hydroxylation is 3. The lowest BCUT2D eigenvalue weighted by Gasteiger charge is -2.09. The molecular weight excluding hydrogens is 274 g/mol. The van der Waals surface area contributed by atoms with Gasteiger partial charge in [0, 0.05) is 24.5 Å². The van der Waals surface area contributed by atoms with Crippen LogP contribution in [0.5, 0.6) is 0 Å². The number of hydrogen-bond acceptors (Lipinski definition) is 3. The summed E-state index contributed by atoms with van der Waals surface area (Å²) >= 11 is 0. The molecule has 5 heteroatoms. The van der Waals surface area contributed by atoms with E-state index in [0.717, 1.165) is 43.7 Å². The van der Waals surface area contributed by atoms with Crippen molar-refractivity contribution in [2.45, 2.75) is 25.8 Å². The van der Waals surface area contributed by atoms with E-state index in [0.29, 0.717) is 0 Å². The van der Waals surface area contributed by atoms with Crippen molar-refractivity contribution in [3.8, 4) is 11.4 Å². The normalized spacial score (nSPS) is 13.6. The molecule has 0 radical (unpaired) electrons. The molecule has 0 aliphatic heterocycles. The predicted molar refractivity (Wildman–Crippen MR) is 87.0 cm³/mol. The number of aromatic nitrogens is 4. The largest absolute Gasteiger partial charge is 0.309 e. The maximum Gasteiger partial charge on any atom is 0.137 e. The Morgan fingerprint density at radius 1 is 1.23 bits per heavy atom. The third kappa shape index (κ3) is 2.22. The molecule has 0 atom stereocenters. The van der Waals surface area contributed by atoms with Crippen LogP contribution in [0, 0.1) is 0 Å². The summed E-state index contributed by atoms with van der Waals surface area (Å²) in [5.41, 5.74) is 5.84. The zero-order chi connectivity index (χ0) is 15.1. The molecule has 1 aliphatic carbocycles. The van der Waals surface area contributed by atoms with Gasteiger partial charge in [-0.1, -0.05) is 6.07 Å². The molecule has 0 aromatic carbocycles. The summed E-state index contributed by atoms with van der Waals surface area (Å²) in [6, 6.07) is 6.15. The van der Waals surface area contributed by atoms with Crippen molar-refractivity contribution in [2.24, 2.45) is 0 Å². The van der Waals surface area contributed by atoms with Gasteiger partial charge in [0.1, 0.15) is 11.3 Å². The van der Waals surface area contributed by atoms with Crippen LogP contribution in [0.4, 0.5) is 0 Å². The lowest BCUT2D eigenvalue weighted by atomic mass is 9.99. The lowest BCUT2D eigenvalue weighted by molar-refractivity contribution is 0.380. The van der Waals surface area contributed by atoms with E-state index in [-0.39, 0.29) is 0 Å². The third-order valence-corrected chi connectivity index (χ3v) is 4.29. The van der Waals surface area contributed by atoms with Gasteiger partial charge in [0.25, 0.3) is 0 Å². The molecular formula is C17H21N5. The fraction of sp³-hybridized carbons (Fsp3) is 0.412. The van der Waals surface area contributed by atoms with Gasteiger partial charge in [-0.15, -0.1) is 0 Å². The SMILES string of the molecule is CN(C)CCCn1cc2c(n1)-c1c(nc3ccccn13)CC2. The minimum Gasteiger partial charge on any atom is -0.309 e. The molecule has 3 aromatic rings. The standard InChI is InChI=1S/C17H21N5/c1-20(2)9-5-10-21-12-13-7-8-14-17(16(13)19-21)22-11-4-3-6-15(22)18-14/h3-4,6,11-12H,5,7-10H2,1-2H3. The second-order valence-corrected chi connectivity index (χ2v) is 6.26. The van der Waals surface area contributed by atoms with Gasteiger partial charge in [-0.25, -0.2) is 4.98 Å². The Bertz CT molecular complexity index is 812. The van der Waals surface area contributed by atoms with Crippen molar-refractivity contribution in [1.29, 1.82) is 0 Å². The van der Waals surface area contributed by atoms with Crippen molar-refractivity contribution < 1.29 is 0 Å². The van der Waals surface area contributed by atoms with E-state index >= 15 is 0 Å². The highest BCUT2D eigenvalue weighted by Crippen LogP contribution is 2.32. The first-order valence-electron chi connectivity index (χ1n) is 7.90. The fourth-order valence-electron chi connectivity index (χ4n) is 3.23. The Morgan fingerprint density at radius 2 is 2.14 bits per heavy atom. The Morgan fingerprint density at radius 3 is 3.00 bits per heavy atom. The van der Waals surface area contributed by atoms with Crippen molar-refractivity contribution in [3.63, 3.8) is 0 Å². The second-order valence-electron chi connectivity index (χ2n) is 6.26. The van der Waals surface area contributed by atoms with Crippen molar-refractivity contribution in [1.82, 2.24) is 24.1 Å². The van der Waals surface area contributed by atoms with Gasteiger partial charge in [-0.3, -0.25) is 9.08 Å². The van der Waals surface area contributed by atoms with E-state index in [1.165, 1.54) is 17.0 Å². The minimum atomic E-state index is 0.969. The van der Waals surface area contributed by atoms with Gasteiger partial charge in [0.05, 0.1) is 11.4 Å². The Labute approximate surface area is 130 Å². The summed E-state index contributed by atoms with van der Waals surface area (Å²) in [4.78, 5) is 6.97. The van der Waals surface area contributed by atoms with Crippen molar-refractivity contribution in [2.75, 3.05) is 20.6 Å². The van der Waals surface area contributed by atoms with Gasteiger partial charge in [0.2, 0.25) is 0 Å². The molecule has 0 saturated carbocycles. The summed E-state index contributed by atoms with van der Waals surface area (Å²) in [6.45, 7) is 2.06. The van der Waals surface area contributed by atoms with Gasteiger partial charge in [-0.05, 0) is 52.0 Å². The first kappa shape index (κ1) is 13.5. The summed E-state index contributed by atoms with van der Waals surface area (Å²) in [5.74, 6) is 0. The van der Waals surface area contributed by atoms with E-state index in [4.69, 9.17) is 10.1 Å². The number of pyridine rings is 1. The highest BCUT2D eigenvalue weighted by atomic mass is 15.3. The number of fused-ring (bicyclic) bond motifs is 5. The minimum absolute atomic E-state index is 0.969. The average Bonchev–Trinajstić information content (AvgIpc) is 3.06. The van der Waals surface area contributed by atoms with Crippen LogP contribution in [-0.4, -0.2) is 44.7 Å². The molecule has 5 nitrogen and oxygen atoms in total. The van der Waals surface area contributed by atoms with E-state index in [1.54, 1.807) is 0 Å². The van der Waals surface area contributed by atoms with Gasteiger partial charge < -0.3 is 4.90 Å². The zero-order valence-corrected chi connectivity index (χ0v) is 13.2. The van der Waals surface area contributed by atoms with Crippen LogP contribution in [0.3, 0.4) is 0 Å². The van der Waals surface area contributed by atoms with Crippen LogP contribution in [0.15, 0.2) is 30.6 Å². The topological polar surface area (TPSA) is 38.4 Å². The maximum atomic E-state index is 4.85. The van der Waals surface area contributed by atoms with Crippen molar-refractivity contribution >= 4 is 5.65 Å². The molecule has 0 amide bonds. The predicted octanol–water partition coefficient (Wildman–Crippen LogP) is 2.25. The van der Waals surface area contributed by atoms with Gasteiger partial charge in [-0.2, -0.15) is 5.10 Å². The molecule has 0 spiro atoms. The quantitative estimate of drug-likeness (QED) is 0.741. The van der Waals surface area contributed by atoms with Crippen LogP contribution in [0.25, 0.3) is 17.0 Å². The fourth-order valence-corrected chi connectivity index (χ4v) is 3.23. The monoisotopic (exact) mass is 295 g/mol. The highest BCUT2D eigenvalue weighted by molar-refractivity contribution is 5.69. The Kier molecular flexibility index (Phi) is 3.22. The molecule has 4 rings (SSSR count). The third-order valence-electron chi connectivity index (χ3n) is 4.29. The maximum absolute atomic E-state index is 4.85. The Hall–Kier alpha value is -2.14. The van der Waals surface area contributed by atoms with E-state index in [2.05, 4.69) is 52.6 Å². The molecule has 114 valence electrons. The number of nitrogens with zero attached hydrogens (tertiary/aromatic N) is 5. The highest BCUT2D eigenvalue weighted by Gasteiger charge is 2.24. The van der Waals surface area contributed by atoms with Crippen molar-refractivity contribution in [3.05, 3.63) is 41.9 Å². The van der Waals surface area contributed by atoms with E-state index in [9.17, 15) is 0 Å². The molecule has 22 heavy (non-hydrogen) atoms. The molecule has 3 aromatic heterocycles. The number of imidazole rings is 1. The molecule has 0 unspecified atom stereocenters. The van der Waals surface area contributed by atoms with Crippen LogP contribution >= 0.6 is 0 Å². The smallest absolute Gasteiger partial charge is 0.137 e. The van der Waals surface area contributed by atoms with Crippen LogP contribution in [0.2, 0.25) is 0 Å². The van der Waals surface area contributed by atoms with Crippen LogP contribution < -0.4 is 0 Å². The Balaban J connectivity index is 1.70. The first-order valence-corrected chi connectivity index (χ1v) is 7.90. The molecule has 0 fully saturated rings. The van der Waals surface area contributed by atoms with Gasteiger partial charge in [0.15, 0.2) is 0 Å². The van der Waals surface area contributed by atoms with Gasteiger partial charge >= 0.3 is 0 Å². The summed E-state index contributed by atoms with van der Waals surface area (Å²) < 4.78 is 4.27. The molecule has 0 saturated heterocycles. The number of rotatable bonds is 4. The van der Waals surface area contributed by atoms with Crippen LogP contribution in [-0.2, 0) is 19.4 Å². The summed E-state index contributed by atoms with van der Waals surface area (Å²) in [7, 11) is 4.22. The molecule has 0 bridgehead atoms. The van der Waals surface area contributed by atoms with E-state index < -0.39 is 0 Å². The lowest BCUT2D eigenvalue weighted by Crippen LogP contribution is -2.15. The molecule has 3 heterocycles. The van der Waals surface area contributed by atoms with Crippen LogP contribution in [0.1, 0.15) is 17.7 Å². The second kappa shape index (κ2) is 5.25. The average molecular weight is 295 g/mol. The summed E-state index contributed by atoms with van der Waals surface area (Å²) in [6.07, 6.45) is 7.47. The molecule has 1 aliphatic rings. The summed E-state index contributed by atoms with van der Waals surface area (Å²) in [5, 5.41) is 4.85. The number of hydrogen-bond donors (Lipinski definition) is 0.